The third kappa shape index (κ3) is 2.91. The van der Waals surface area contributed by atoms with E-state index in [1.807, 2.05) is 24.3 Å². The van der Waals surface area contributed by atoms with E-state index in [-0.39, 0.29) is 0 Å². The second-order valence-corrected chi connectivity index (χ2v) is 6.49. The summed E-state index contributed by atoms with van der Waals surface area (Å²) in [5, 5.41) is 11.0. The molecule has 4 nitrogen and oxygen atoms in total. The van der Waals surface area contributed by atoms with Gasteiger partial charge in [0.1, 0.15) is 0 Å². The Hall–Kier alpha value is -1.66. The lowest BCUT2D eigenvalue weighted by molar-refractivity contribution is 0.568. The number of thiophene rings is 1. The minimum atomic E-state index is 0.536. The summed E-state index contributed by atoms with van der Waals surface area (Å²) in [6, 6.07) is 10.1. The van der Waals surface area contributed by atoms with E-state index in [9.17, 15) is 0 Å². The maximum atomic E-state index is 5.16. The van der Waals surface area contributed by atoms with Crippen LogP contribution in [-0.2, 0) is 6.54 Å². The molecule has 0 unspecified atom stereocenters. The first-order valence-corrected chi connectivity index (χ1v) is 7.68. The fourth-order valence-corrected chi connectivity index (χ4v) is 3.37. The van der Waals surface area contributed by atoms with E-state index < -0.39 is 0 Å². The summed E-state index contributed by atoms with van der Waals surface area (Å²) in [6.45, 7) is 2.93. The first-order chi connectivity index (χ1) is 9.72. The van der Waals surface area contributed by atoms with Gasteiger partial charge in [-0.1, -0.05) is 0 Å². The molecule has 3 aromatic rings. The molecular weight excluding hydrogens is 338 g/mol. The second kappa shape index (κ2) is 5.76. The first-order valence-electron chi connectivity index (χ1n) is 6.07. The Bertz CT molecular complexity index is 672. The van der Waals surface area contributed by atoms with Crippen molar-refractivity contribution in [1.82, 2.24) is 10.2 Å². The van der Waals surface area contributed by atoms with Crippen molar-refractivity contribution in [2.45, 2.75) is 13.5 Å². The zero-order valence-corrected chi connectivity index (χ0v) is 13.2. The summed E-state index contributed by atoms with van der Waals surface area (Å²) < 4.78 is 6.33. The minimum absolute atomic E-state index is 0.536. The van der Waals surface area contributed by atoms with E-state index in [1.54, 1.807) is 11.3 Å². The Balaban J connectivity index is 1.66. The molecular formula is C14H12BrN3OS. The van der Waals surface area contributed by atoms with Gasteiger partial charge in [-0.2, -0.15) is 0 Å². The largest absolute Gasteiger partial charge is 0.423 e. The zero-order valence-electron chi connectivity index (χ0n) is 10.8. The zero-order chi connectivity index (χ0) is 13.9. The normalized spacial score (nSPS) is 10.7. The summed E-state index contributed by atoms with van der Waals surface area (Å²) in [5.74, 6) is 0.536. The van der Waals surface area contributed by atoms with Crippen molar-refractivity contribution in [2.24, 2.45) is 0 Å². The molecule has 1 aromatic carbocycles. The highest BCUT2D eigenvalue weighted by atomic mass is 79.9. The fourth-order valence-electron chi connectivity index (χ4n) is 1.82. The quantitative estimate of drug-likeness (QED) is 0.754. The van der Waals surface area contributed by atoms with Crippen LogP contribution < -0.4 is 5.32 Å². The summed E-state index contributed by atoms with van der Waals surface area (Å²) >= 11 is 5.33. The molecule has 0 amide bonds. The maximum absolute atomic E-state index is 5.16. The average molecular weight is 350 g/mol. The summed E-state index contributed by atoms with van der Waals surface area (Å²) in [6.07, 6.45) is 1.33. The van der Waals surface area contributed by atoms with Crippen molar-refractivity contribution in [2.75, 3.05) is 5.32 Å². The van der Waals surface area contributed by atoms with E-state index in [4.69, 9.17) is 4.42 Å². The highest BCUT2D eigenvalue weighted by molar-refractivity contribution is 9.10. The SMILES string of the molecule is Cc1sc(CNc2ccc(-c3nnco3)cc2)cc1Br. The van der Waals surface area contributed by atoms with Gasteiger partial charge < -0.3 is 9.73 Å². The maximum Gasteiger partial charge on any atom is 0.247 e. The highest BCUT2D eigenvalue weighted by Gasteiger charge is 2.04. The van der Waals surface area contributed by atoms with Gasteiger partial charge in [-0.3, -0.25) is 0 Å². The van der Waals surface area contributed by atoms with Gasteiger partial charge in [0.05, 0.1) is 0 Å². The monoisotopic (exact) mass is 349 g/mol. The Morgan fingerprint density at radius 2 is 2.10 bits per heavy atom. The molecule has 0 aliphatic rings. The van der Waals surface area contributed by atoms with Gasteiger partial charge in [0, 0.05) is 32.0 Å². The van der Waals surface area contributed by atoms with Crippen LogP contribution in [-0.4, -0.2) is 10.2 Å². The second-order valence-electron chi connectivity index (χ2n) is 4.29. The number of hydrogen-bond acceptors (Lipinski definition) is 5. The lowest BCUT2D eigenvalue weighted by Crippen LogP contribution is -1.96. The van der Waals surface area contributed by atoms with Gasteiger partial charge in [0.2, 0.25) is 12.3 Å². The van der Waals surface area contributed by atoms with Crippen molar-refractivity contribution in [1.29, 1.82) is 0 Å². The molecule has 2 aromatic heterocycles. The summed E-state index contributed by atoms with van der Waals surface area (Å²) in [4.78, 5) is 2.60. The summed E-state index contributed by atoms with van der Waals surface area (Å²) in [5.41, 5.74) is 1.98. The number of nitrogens with zero attached hydrogens (tertiary/aromatic N) is 2. The molecule has 0 aliphatic carbocycles. The predicted molar refractivity (Wildman–Crippen MR) is 83.8 cm³/mol. The number of benzene rings is 1. The van der Waals surface area contributed by atoms with Crippen molar-refractivity contribution < 1.29 is 4.42 Å². The van der Waals surface area contributed by atoms with Gasteiger partial charge in [0.25, 0.3) is 0 Å². The van der Waals surface area contributed by atoms with E-state index in [1.165, 1.54) is 20.6 Å². The van der Waals surface area contributed by atoms with Crippen LogP contribution in [0, 0.1) is 6.92 Å². The van der Waals surface area contributed by atoms with Crippen LogP contribution in [0.1, 0.15) is 9.75 Å². The molecule has 0 bridgehead atoms. The number of aryl methyl sites for hydroxylation is 1. The van der Waals surface area contributed by atoms with Gasteiger partial charge in [0.15, 0.2) is 0 Å². The molecule has 0 spiro atoms. The first kappa shape index (κ1) is 13.3. The lowest BCUT2D eigenvalue weighted by atomic mass is 10.2. The van der Waals surface area contributed by atoms with Gasteiger partial charge >= 0.3 is 0 Å². The van der Waals surface area contributed by atoms with Crippen LogP contribution >= 0.6 is 27.3 Å². The summed E-state index contributed by atoms with van der Waals surface area (Å²) in [7, 11) is 0. The number of aromatic nitrogens is 2. The molecule has 0 saturated carbocycles. The molecule has 20 heavy (non-hydrogen) atoms. The Kier molecular flexibility index (Phi) is 3.84. The molecule has 1 N–H and O–H groups in total. The van der Waals surface area contributed by atoms with Crippen molar-refractivity contribution in [3.8, 4) is 11.5 Å². The number of rotatable bonds is 4. The molecule has 0 fully saturated rings. The van der Waals surface area contributed by atoms with Crippen molar-refractivity contribution in [3.05, 3.63) is 51.0 Å². The van der Waals surface area contributed by atoms with Crippen LogP contribution in [0.15, 0.2) is 45.6 Å². The predicted octanol–water partition coefficient (Wildman–Crippen LogP) is 4.48. The van der Waals surface area contributed by atoms with E-state index in [0.29, 0.717) is 5.89 Å². The molecule has 0 aliphatic heterocycles. The molecule has 6 heteroatoms. The average Bonchev–Trinajstić information content (AvgIpc) is 3.08. The smallest absolute Gasteiger partial charge is 0.247 e. The van der Waals surface area contributed by atoms with Crippen LogP contribution in [0.3, 0.4) is 0 Å². The Labute approximate surface area is 129 Å². The van der Waals surface area contributed by atoms with Gasteiger partial charge in [-0.05, 0) is 53.2 Å². The van der Waals surface area contributed by atoms with Crippen LogP contribution in [0.25, 0.3) is 11.5 Å². The molecule has 2 heterocycles. The Morgan fingerprint density at radius 3 is 2.70 bits per heavy atom. The molecule has 3 rings (SSSR count). The fraction of sp³-hybridized carbons (Fsp3) is 0.143. The number of anilines is 1. The van der Waals surface area contributed by atoms with E-state index >= 15 is 0 Å². The standard InChI is InChI=1S/C14H12BrN3OS/c1-9-13(15)6-12(20-9)7-16-11-4-2-10(3-5-11)14-18-17-8-19-14/h2-6,8,16H,7H2,1H3. The van der Waals surface area contributed by atoms with Crippen LogP contribution in [0.4, 0.5) is 5.69 Å². The number of halogens is 1. The van der Waals surface area contributed by atoms with Crippen molar-refractivity contribution >= 4 is 33.0 Å². The molecule has 0 atom stereocenters. The van der Waals surface area contributed by atoms with E-state index in [2.05, 4.69) is 44.4 Å². The third-order valence-corrected chi connectivity index (χ3v) is 5.00. The minimum Gasteiger partial charge on any atom is -0.423 e. The topological polar surface area (TPSA) is 51.0 Å². The lowest BCUT2D eigenvalue weighted by Gasteiger charge is -2.05. The van der Waals surface area contributed by atoms with Crippen LogP contribution in [0.2, 0.25) is 0 Å². The Morgan fingerprint density at radius 1 is 1.30 bits per heavy atom. The van der Waals surface area contributed by atoms with Gasteiger partial charge in [-0.15, -0.1) is 21.5 Å². The third-order valence-electron chi connectivity index (χ3n) is 2.87. The molecule has 102 valence electrons. The highest BCUT2D eigenvalue weighted by Crippen LogP contribution is 2.27. The number of hydrogen-bond donors (Lipinski definition) is 1. The van der Waals surface area contributed by atoms with Crippen molar-refractivity contribution in [3.63, 3.8) is 0 Å². The van der Waals surface area contributed by atoms with Crippen LogP contribution in [0.5, 0.6) is 0 Å². The number of nitrogens with one attached hydrogen (secondary N) is 1. The molecule has 0 saturated heterocycles. The molecule has 0 radical (unpaired) electrons. The van der Waals surface area contributed by atoms with E-state index in [0.717, 1.165) is 17.8 Å². The van der Waals surface area contributed by atoms with Gasteiger partial charge in [-0.25, -0.2) is 0 Å².